The number of benzene rings is 1. The second-order valence-electron chi connectivity index (χ2n) is 8.68. The summed E-state index contributed by atoms with van der Waals surface area (Å²) in [5.74, 6) is 1.45. The van der Waals surface area contributed by atoms with E-state index >= 15 is 0 Å². The fourth-order valence-corrected chi connectivity index (χ4v) is 4.35. The second-order valence-corrected chi connectivity index (χ2v) is 8.68. The molecule has 2 rings (SSSR count). The van der Waals surface area contributed by atoms with Gasteiger partial charge in [-0.15, -0.1) is 4.59 Å². The van der Waals surface area contributed by atoms with Crippen molar-refractivity contribution < 1.29 is 0 Å². The first-order chi connectivity index (χ1) is 13.6. The lowest BCUT2D eigenvalue weighted by atomic mass is 9.97. The minimum Gasteiger partial charge on any atom is -0.268 e. The highest BCUT2D eigenvalue weighted by atomic mass is 15.7. The van der Waals surface area contributed by atoms with Crippen molar-refractivity contribution in [2.45, 2.75) is 86.0 Å². The molecule has 4 nitrogen and oxygen atoms in total. The molecule has 3 atom stereocenters. The molecular weight excluding hydrogens is 344 g/mol. The number of rotatable bonds is 14. The molecule has 4 heteroatoms. The van der Waals surface area contributed by atoms with Gasteiger partial charge in [-0.2, -0.15) is 0 Å². The van der Waals surface area contributed by atoms with Crippen LogP contribution in [-0.4, -0.2) is 19.8 Å². The second kappa shape index (κ2) is 11.7. The smallest absolute Gasteiger partial charge is 0.190 e. The molecule has 0 fully saturated rings. The first kappa shape index (κ1) is 23.0. The van der Waals surface area contributed by atoms with Crippen molar-refractivity contribution in [3.8, 4) is 0 Å². The van der Waals surface area contributed by atoms with E-state index in [-0.39, 0.29) is 0 Å². The van der Waals surface area contributed by atoms with Gasteiger partial charge in [0, 0.05) is 23.8 Å². The minimum atomic E-state index is 0.628. The van der Waals surface area contributed by atoms with E-state index in [1.165, 1.54) is 62.6 Å². The fraction of sp³-hybridized carbons (Fsp3) is 0.750. The van der Waals surface area contributed by atoms with Crippen molar-refractivity contribution >= 4 is 11.4 Å². The predicted octanol–water partition coefficient (Wildman–Crippen LogP) is 7.29. The van der Waals surface area contributed by atoms with Crippen LogP contribution in [0.5, 0.6) is 0 Å². The van der Waals surface area contributed by atoms with Crippen LogP contribution in [0.1, 0.15) is 84.6 Å². The summed E-state index contributed by atoms with van der Waals surface area (Å²) in [5, 5.41) is 13.3. The van der Waals surface area contributed by atoms with Gasteiger partial charge in [-0.1, -0.05) is 77.0 Å². The molecule has 1 aliphatic rings. The molecule has 3 unspecified atom stereocenters. The number of unbranched alkanes of at least 4 members (excludes halogenated alkanes) is 2. The Morgan fingerprint density at radius 1 is 0.964 bits per heavy atom. The maximum absolute atomic E-state index is 4.88. The van der Waals surface area contributed by atoms with Gasteiger partial charge in [-0.05, 0) is 37.7 Å². The number of nitrogens with one attached hydrogen (secondary N) is 1. The summed E-state index contributed by atoms with van der Waals surface area (Å²) >= 11 is 0. The van der Waals surface area contributed by atoms with Crippen LogP contribution < -0.4 is 9.91 Å². The number of aryl methyl sites for hydroxylation is 1. The quantitative estimate of drug-likeness (QED) is 0.334. The fourth-order valence-electron chi connectivity index (χ4n) is 4.35. The molecular formula is C24H43N4+. The SMILES string of the molecule is CCCCC(CC)CNC[N+]1(CC(CC)CCCC)N=Nc2c(C)cccc21. The van der Waals surface area contributed by atoms with Crippen LogP contribution in [0.2, 0.25) is 0 Å². The molecule has 28 heavy (non-hydrogen) atoms. The number of hydrogen-bond acceptors (Lipinski definition) is 3. The summed E-state index contributed by atoms with van der Waals surface area (Å²) in [6, 6.07) is 6.56. The van der Waals surface area contributed by atoms with Crippen LogP contribution >= 0.6 is 0 Å². The summed E-state index contributed by atoms with van der Waals surface area (Å²) < 4.78 is 0.628. The van der Waals surface area contributed by atoms with Crippen molar-refractivity contribution in [2.75, 3.05) is 19.8 Å². The Kier molecular flexibility index (Phi) is 9.60. The molecule has 1 N–H and O–H groups in total. The number of hydrogen-bond donors (Lipinski definition) is 1. The van der Waals surface area contributed by atoms with Gasteiger partial charge in [0.15, 0.2) is 18.0 Å². The van der Waals surface area contributed by atoms with Gasteiger partial charge < -0.3 is 0 Å². The van der Waals surface area contributed by atoms with Crippen LogP contribution in [0.4, 0.5) is 11.4 Å². The maximum Gasteiger partial charge on any atom is 0.190 e. The Balaban J connectivity index is 2.15. The molecule has 0 aliphatic carbocycles. The van der Waals surface area contributed by atoms with E-state index in [2.05, 4.69) is 63.2 Å². The molecule has 0 bridgehead atoms. The van der Waals surface area contributed by atoms with Crippen LogP contribution in [0, 0.1) is 18.8 Å². The monoisotopic (exact) mass is 387 g/mol. The van der Waals surface area contributed by atoms with E-state index < -0.39 is 0 Å². The zero-order valence-corrected chi connectivity index (χ0v) is 19.0. The average Bonchev–Trinajstić information content (AvgIpc) is 3.07. The highest BCUT2D eigenvalue weighted by Gasteiger charge is 2.41. The molecule has 1 aliphatic heterocycles. The lowest BCUT2D eigenvalue weighted by molar-refractivity contribution is 0.204. The van der Waals surface area contributed by atoms with Gasteiger partial charge in [-0.25, -0.2) is 0 Å². The van der Waals surface area contributed by atoms with Gasteiger partial charge in [-0.3, -0.25) is 5.32 Å². The Morgan fingerprint density at radius 2 is 1.64 bits per heavy atom. The Labute approximate surface area is 173 Å². The molecule has 1 aromatic carbocycles. The molecule has 1 heterocycles. The van der Waals surface area contributed by atoms with E-state index in [1.807, 2.05) is 0 Å². The minimum absolute atomic E-state index is 0.628. The lowest BCUT2D eigenvalue weighted by Crippen LogP contribution is -2.52. The summed E-state index contributed by atoms with van der Waals surface area (Å²) in [5.41, 5.74) is 3.61. The molecule has 0 amide bonds. The molecule has 158 valence electrons. The molecule has 0 radical (unpaired) electrons. The summed E-state index contributed by atoms with van der Waals surface area (Å²) in [7, 11) is 0. The third-order valence-corrected chi connectivity index (χ3v) is 6.43. The van der Waals surface area contributed by atoms with Crippen molar-refractivity contribution in [2.24, 2.45) is 22.2 Å². The summed E-state index contributed by atoms with van der Waals surface area (Å²) in [6.07, 6.45) is 10.3. The van der Waals surface area contributed by atoms with E-state index in [4.69, 9.17) is 5.22 Å². The van der Waals surface area contributed by atoms with Crippen LogP contribution in [0.15, 0.2) is 28.5 Å². The predicted molar refractivity (Wildman–Crippen MR) is 122 cm³/mol. The third kappa shape index (κ3) is 5.87. The standard InChI is InChI=1S/C24H43N4/c1-6-10-14-21(8-3)17-25-19-28(18-22(9-4)15-11-7-2)23-16-12-13-20(5)24(23)26-27-28/h12-13,16,21-22,25H,6-11,14-15,17-19H2,1-5H3/q+1. The van der Waals surface area contributed by atoms with Crippen LogP contribution in [0.3, 0.4) is 0 Å². The van der Waals surface area contributed by atoms with E-state index in [1.54, 1.807) is 0 Å². The summed E-state index contributed by atoms with van der Waals surface area (Å²) in [6.45, 7) is 14.3. The topological polar surface area (TPSA) is 36.8 Å². The Hall–Kier alpha value is -1.26. The van der Waals surface area contributed by atoms with Crippen LogP contribution in [-0.2, 0) is 0 Å². The molecule has 1 aromatic rings. The van der Waals surface area contributed by atoms with Gasteiger partial charge >= 0.3 is 0 Å². The molecule has 0 saturated heterocycles. The zero-order chi connectivity index (χ0) is 20.4. The highest BCUT2D eigenvalue weighted by molar-refractivity contribution is 5.69. The largest absolute Gasteiger partial charge is 0.268 e. The molecule has 0 saturated carbocycles. The normalized spacial score (nSPS) is 20.3. The zero-order valence-electron chi connectivity index (χ0n) is 19.0. The van der Waals surface area contributed by atoms with Crippen molar-refractivity contribution in [3.05, 3.63) is 23.8 Å². The van der Waals surface area contributed by atoms with Crippen molar-refractivity contribution in [1.29, 1.82) is 0 Å². The van der Waals surface area contributed by atoms with Crippen molar-refractivity contribution in [1.82, 2.24) is 9.91 Å². The molecule has 0 aromatic heterocycles. The average molecular weight is 388 g/mol. The van der Waals surface area contributed by atoms with E-state index in [9.17, 15) is 0 Å². The third-order valence-electron chi connectivity index (χ3n) is 6.43. The first-order valence-corrected chi connectivity index (χ1v) is 11.7. The molecule has 0 spiro atoms. The Bertz CT molecular complexity index is 613. The highest BCUT2D eigenvalue weighted by Crippen LogP contribution is 2.43. The Morgan fingerprint density at radius 3 is 2.29 bits per heavy atom. The number of nitrogens with zero attached hydrogens (tertiary/aromatic N) is 3. The van der Waals surface area contributed by atoms with Gasteiger partial charge in [0.25, 0.3) is 0 Å². The first-order valence-electron chi connectivity index (χ1n) is 11.7. The van der Waals surface area contributed by atoms with Gasteiger partial charge in [0.05, 0.1) is 0 Å². The number of fused-ring (bicyclic) bond motifs is 1. The van der Waals surface area contributed by atoms with Gasteiger partial charge in [0.1, 0.15) is 6.54 Å². The number of quaternary nitrogens is 1. The van der Waals surface area contributed by atoms with E-state index in [0.717, 1.165) is 31.4 Å². The van der Waals surface area contributed by atoms with Gasteiger partial charge in [0.2, 0.25) is 0 Å². The van der Waals surface area contributed by atoms with Crippen LogP contribution in [0.25, 0.3) is 0 Å². The lowest BCUT2D eigenvalue weighted by Gasteiger charge is -2.31. The maximum atomic E-state index is 4.88. The van der Waals surface area contributed by atoms with Crippen molar-refractivity contribution in [3.63, 3.8) is 0 Å². The summed E-state index contributed by atoms with van der Waals surface area (Å²) in [4.78, 5) is 0. The van der Waals surface area contributed by atoms with E-state index in [0.29, 0.717) is 10.5 Å².